The minimum atomic E-state index is -0.150. The second kappa shape index (κ2) is 9.17. The van der Waals surface area contributed by atoms with Crippen molar-refractivity contribution in [3.63, 3.8) is 0 Å². The maximum absolute atomic E-state index is 13.1. The maximum Gasteiger partial charge on any atom is 0.276 e. The lowest BCUT2D eigenvalue weighted by atomic mass is 9.96. The van der Waals surface area contributed by atoms with E-state index in [1.807, 2.05) is 23.2 Å². The zero-order chi connectivity index (χ0) is 20.9. The summed E-state index contributed by atoms with van der Waals surface area (Å²) in [5, 5.41) is 4.53. The number of hydrogen-bond acceptors (Lipinski definition) is 6. The lowest BCUT2D eigenvalue weighted by Gasteiger charge is -2.35. The Morgan fingerprint density at radius 2 is 2.17 bits per heavy atom. The van der Waals surface area contributed by atoms with Crippen LogP contribution >= 0.6 is 11.6 Å². The molecule has 0 unspecified atom stereocenters. The molecule has 0 radical (unpaired) electrons. The lowest BCUT2D eigenvalue weighted by molar-refractivity contribution is 0.0600. The zero-order valence-electron chi connectivity index (χ0n) is 16.6. The highest BCUT2D eigenvalue weighted by Gasteiger charge is 2.30. The van der Waals surface area contributed by atoms with E-state index in [-0.39, 0.29) is 24.2 Å². The first-order chi connectivity index (χ1) is 14.7. The number of carbonyl (C=O) groups is 1. The molecule has 4 rings (SSSR count). The molecule has 1 aromatic carbocycles. The number of piperidine rings is 1. The normalized spacial score (nSPS) is 16.3. The fraction of sp³-hybridized carbons (Fsp3) is 0.318. The van der Waals surface area contributed by atoms with Crippen molar-refractivity contribution in [1.82, 2.24) is 15.0 Å². The molecule has 0 bridgehead atoms. The second-order valence-corrected chi connectivity index (χ2v) is 7.50. The van der Waals surface area contributed by atoms with E-state index >= 15 is 0 Å². The van der Waals surface area contributed by atoms with Gasteiger partial charge in [0.15, 0.2) is 23.0 Å². The quantitative estimate of drug-likeness (QED) is 0.568. The summed E-state index contributed by atoms with van der Waals surface area (Å²) in [5.41, 5.74) is 1.31. The van der Waals surface area contributed by atoms with Crippen LogP contribution in [0.4, 0.5) is 0 Å². The Kier molecular flexibility index (Phi) is 6.18. The van der Waals surface area contributed by atoms with Gasteiger partial charge in [-0.1, -0.05) is 22.8 Å². The first-order valence-electron chi connectivity index (χ1n) is 9.78. The molecular weight excluding hydrogens is 406 g/mol. The molecule has 1 saturated heterocycles. The molecule has 1 atom stereocenters. The Hall–Kier alpha value is -3.06. The van der Waals surface area contributed by atoms with Crippen LogP contribution in [-0.4, -0.2) is 34.6 Å². The summed E-state index contributed by atoms with van der Waals surface area (Å²) in [4.78, 5) is 19.2. The molecule has 30 heavy (non-hydrogen) atoms. The summed E-state index contributed by atoms with van der Waals surface area (Å²) < 4.78 is 16.4. The SMILES string of the molecule is COc1cc(Cl)ccc1OCc1cc(C(=O)N2CCCC[C@@H]2c2cccnc2)no1. The van der Waals surface area contributed by atoms with Crippen molar-refractivity contribution in [2.45, 2.75) is 31.9 Å². The molecule has 1 aliphatic rings. The predicted molar refractivity (Wildman–Crippen MR) is 111 cm³/mol. The van der Waals surface area contributed by atoms with Gasteiger partial charge in [0.1, 0.15) is 6.61 Å². The van der Waals surface area contributed by atoms with E-state index < -0.39 is 0 Å². The summed E-state index contributed by atoms with van der Waals surface area (Å²) in [6.45, 7) is 0.795. The van der Waals surface area contributed by atoms with Gasteiger partial charge in [-0.25, -0.2) is 0 Å². The van der Waals surface area contributed by atoms with Crippen LogP contribution in [-0.2, 0) is 6.61 Å². The monoisotopic (exact) mass is 427 g/mol. The van der Waals surface area contributed by atoms with E-state index in [4.69, 9.17) is 25.6 Å². The van der Waals surface area contributed by atoms with E-state index in [9.17, 15) is 4.79 Å². The van der Waals surface area contributed by atoms with Crippen molar-refractivity contribution < 1.29 is 18.8 Å². The Labute approximate surface area is 179 Å². The van der Waals surface area contributed by atoms with Gasteiger partial charge in [-0.05, 0) is 43.0 Å². The predicted octanol–water partition coefficient (Wildman–Crippen LogP) is 4.68. The number of hydrogen-bond donors (Lipinski definition) is 0. The third-order valence-corrected chi connectivity index (χ3v) is 5.34. The van der Waals surface area contributed by atoms with Crippen molar-refractivity contribution >= 4 is 17.5 Å². The topological polar surface area (TPSA) is 77.7 Å². The molecule has 0 N–H and O–H groups in total. The summed E-state index contributed by atoms with van der Waals surface area (Å²) >= 11 is 5.97. The Bertz CT molecular complexity index is 1010. The Morgan fingerprint density at radius 3 is 2.97 bits per heavy atom. The highest BCUT2D eigenvalue weighted by atomic mass is 35.5. The van der Waals surface area contributed by atoms with Gasteiger partial charge in [0.25, 0.3) is 5.91 Å². The molecule has 2 aromatic heterocycles. The fourth-order valence-electron chi connectivity index (χ4n) is 3.63. The molecular formula is C22H22ClN3O4. The van der Waals surface area contributed by atoms with Gasteiger partial charge in [0.05, 0.1) is 13.2 Å². The molecule has 0 saturated carbocycles. The van der Waals surface area contributed by atoms with Gasteiger partial charge < -0.3 is 18.9 Å². The van der Waals surface area contributed by atoms with E-state index in [1.54, 1.807) is 37.6 Å². The van der Waals surface area contributed by atoms with Crippen LogP contribution < -0.4 is 9.47 Å². The standard InChI is InChI=1S/C22H22ClN3O4/c1-28-21-11-16(23)7-8-20(21)29-14-17-12-18(25-30-17)22(27)26-10-3-2-6-19(26)15-5-4-9-24-13-15/h4-5,7-9,11-13,19H,2-3,6,10,14H2,1H3/t19-/m1/s1. The molecule has 156 valence electrons. The second-order valence-electron chi connectivity index (χ2n) is 7.06. The van der Waals surface area contributed by atoms with Crippen LogP contribution in [0.25, 0.3) is 0 Å². The van der Waals surface area contributed by atoms with Crippen LogP contribution in [0.15, 0.2) is 53.3 Å². The number of aromatic nitrogens is 2. The Morgan fingerprint density at radius 1 is 1.27 bits per heavy atom. The Balaban J connectivity index is 1.46. The van der Waals surface area contributed by atoms with Crippen molar-refractivity contribution in [3.8, 4) is 11.5 Å². The van der Waals surface area contributed by atoms with Crippen molar-refractivity contribution in [2.75, 3.05) is 13.7 Å². The maximum atomic E-state index is 13.1. The van der Waals surface area contributed by atoms with E-state index in [0.717, 1.165) is 24.8 Å². The molecule has 0 aliphatic carbocycles. The summed E-state index contributed by atoms with van der Waals surface area (Å²) in [7, 11) is 1.54. The van der Waals surface area contributed by atoms with E-state index in [1.165, 1.54) is 0 Å². The number of amides is 1. The van der Waals surface area contributed by atoms with E-state index in [0.29, 0.717) is 28.8 Å². The summed E-state index contributed by atoms with van der Waals surface area (Å²) in [5.74, 6) is 1.35. The summed E-state index contributed by atoms with van der Waals surface area (Å²) in [6, 6.07) is 10.6. The number of benzene rings is 1. The number of likely N-dealkylation sites (tertiary alicyclic amines) is 1. The molecule has 1 aliphatic heterocycles. The molecule has 0 spiro atoms. The molecule has 1 fully saturated rings. The molecule has 7 nitrogen and oxygen atoms in total. The minimum Gasteiger partial charge on any atom is -0.493 e. The number of carbonyl (C=O) groups excluding carboxylic acids is 1. The average molecular weight is 428 g/mol. The summed E-state index contributed by atoms with van der Waals surface area (Å²) in [6.07, 6.45) is 6.49. The average Bonchev–Trinajstić information content (AvgIpc) is 3.27. The van der Waals surface area contributed by atoms with Crippen molar-refractivity contribution in [3.05, 3.63) is 70.8 Å². The van der Waals surface area contributed by atoms with Gasteiger partial charge in [-0.2, -0.15) is 0 Å². The van der Waals surface area contributed by atoms with Crippen LogP contribution in [0.1, 0.15) is 47.1 Å². The minimum absolute atomic E-state index is 0.00493. The first-order valence-corrected chi connectivity index (χ1v) is 10.2. The number of ether oxygens (including phenoxy) is 2. The fourth-order valence-corrected chi connectivity index (χ4v) is 3.79. The van der Waals surface area contributed by atoms with E-state index in [2.05, 4.69) is 10.1 Å². The van der Waals surface area contributed by atoms with Gasteiger partial charge >= 0.3 is 0 Å². The van der Waals surface area contributed by atoms with Crippen LogP contribution in [0, 0.1) is 0 Å². The number of methoxy groups -OCH3 is 1. The van der Waals surface area contributed by atoms with Crippen LogP contribution in [0.2, 0.25) is 5.02 Å². The van der Waals surface area contributed by atoms with Crippen LogP contribution in [0.5, 0.6) is 11.5 Å². The highest BCUT2D eigenvalue weighted by Crippen LogP contribution is 2.32. The number of rotatable bonds is 6. The largest absolute Gasteiger partial charge is 0.493 e. The van der Waals surface area contributed by atoms with Gasteiger partial charge in [0, 0.05) is 36.1 Å². The number of pyridine rings is 1. The smallest absolute Gasteiger partial charge is 0.276 e. The zero-order valence-corrected chi connectivity index (χ0v) is 17.3. The van der Waals surface area contributed by atoms with Gasteiger partial charge in [-0.3, -0.25) is 9.78 Å². The van der Waals surface area contributed by atoms with Crippen molar-refractivity contribution in [1.29, 1.82) is 0 Å². The molecule has 3 heterocycles. The van der Waals surface area contributed by atoms with Gasteiger partial charge in [0.2, 0.25) is 0 Å². The molecule has 8 heteroatoms. The molecule has 3 aromatic rings. The lowest BCUT2D eigenvalue weighted by Crippen LogP contribution is -2.38. The van der Waals surface area contributed by atoms with Crippen LogP contribution in [0.3, 0.4) is 0 Å². The van der Waals surface area contributed by atoms with Gasteiger partial charge in [-0.15, -0.1) is 0 Å². The van der Waals surface area contributed by atoms with Crippen molar-refractivity contribution in [2.24, 2.45) is 0 Å². The highest BCUT2D eigenvalue weighted by molar-refractivity contribution is 6.30. The molecule has 1 amide bonds. The third kappa shape index (κ3) is 4.41. The number of halogens is 1. The first kappa shape index (κ1) is 20.2. The third-order valence-electron chi connectivity index (χ3n) is 5.11. The number of nitrogens with zero attached hydrogens (tertiary/aromatic N) is 3.